The predicted octanol–water partition coefficient (Wildman–Crippen LogP) is 5.11. The molecule has 5 aromatic rings. The maximum Gasteiger partial charge on any atom is 0.124 e. The van der Waals surface area contributed by atoms with E-state index in [0.29, 0.717) is 23.6 Å². The zero-order valence-corrected chi connectivity index (χ0v) is 21.2. The number of nitrogens with zero attached hydrogens (tertiary/aromatic N) is 6. The summed E-state index contributed by atoms with van der Waals surface area (Å²) in [5.41, 5.74) is 6.24. The van der Waals surface area contributed by atoms with Gasteiger partial charge in [-0.25, -0.2) is 4.98 Å². The Morgan fingerprint density at radius 3 is 2.39 bits per heavy atom. The summed E-state index contributed by atoms with van der Waals surface area (Å²) < 4.78 is 12.8. The van der Waals surface area contributed by atoms with Crippen LogP contribution in [-0.4, -0.2) is 40.5 Å². The van der Waals surface area contributed by atoms with Gasteiger partial charge in [-0.1, -0.05) is 17.9 Å². The number of nitriles is 1. The van der Waals surface area contributed by atoms with E-state index in [1.807, 2.05) is 61.8 Å². The molecule has 0 amide bonds. The molecule has 0 saturated heterocycles. The maximum absolute atomic E-state index is 9.21. The number of methoxy groups -OCH3 is 2. The molecule has 8 heteroatoms. The molecule has 3 aromatic carbocycles. The van der Waals surface area contributed by atoms with E-state index in [2.05, 4.69) is 32.9 Å². The summed E-state index contributed by atoms with van der Waals surface area (Å²) in [4.78, 5) is 11.5. The highest BCUT2D eigenvalue weighted by Crippen LogP contribution is 2.34. The number of rotatable bonds is 6. The molecule has 0 saturated carbocycles. The zero-order valence-electron chi connectivity index (χ0n) is 21.2. The van der Waals surface area contributed by atoms with Crippen LogP contribution < -0.4 is 14.4 Å². The van der Waals surface area contributed by atoms with Crippen LogP contribution in [0.5, 0.6) is 11.5 Å². The largest absolute Gasteiger partial charge is 0.497 e. The molecule has 186 valence electrons. The van der Waals surface area contributed by atoms with Crippen molar-refractivity contribution in [2.24, 2.45) is 7.05 Å². The fraction of sp³-hybridized carbons (Fsp3) is 0.133. The van der Waals surface area contributed by atoms with Gasteiger partial charge in [-0.15, -0.1) is 0 Å². The maximum atomic E-state index is 9.21. The monoisotopic (exact) mass is 500 g/mol. The van der Waals surface area contributed by atoms with Crippen molar-refractivity contribution < 1.29 is 9.47 Å². The number of aryl methyl sites for hydroxylation is 1. The fourth-order valence-corrected chi connectivity index (χ4v) is 4.03. The van der Waals surface area contributed by atoms with Gasteiger partial charge in [0.2, 0.25) is 0 Å². The number of fused-ring (bicyclic) bond motifs is 1. The van der Waals surface area contributed by atoms with Crippen LogP contribution in [0.1, 0.15) is 11.1 Å². The summed E-state index contributed by atoms with van der Waals surface area (Å²) in [6.07, 6.45) is 5.43. The van der Waals surface area contributed by atoms with Crippen molar-refractivity contribution in [3.63, 3.8) is 0 Å². The average molecular weight is 501 g/mol. The Balaban J connectivity index is 1.57. The molecule has 0 unspecified atom stereocenters. The Kier molecular flexibility index (Phi) is 6.88. The van der Waals surface area contributed by atoms with Gasteiger partial charge in [0, 0.05) is 53.9 Å². The van der Waals surface area contributed by atoms with E-state index >= 15 is 0 Å². The molecule has 0 aliphatic heterocycles. The van der Waals surface area contributed by atoms with Gasteiger partial charge < -0.3 is 14.4 Å². The summed E-state index contributed by atoms with van der Waals surface area (Å²) in [6, 6.07) is 21.0. The topological polar surface area (TPSA) is 89.1 Å². The van der Waals surface area contributed by atoms with Gasteiger partial charge in [-0.05, 0) is 36.4 Å². The Hall–Kier alpha value is -5.34. The van der Waals surface area contributed by atoms with Crippen LogP contribution in [0.25, 0.3) is 22.3 Å². The van der Waals surface area contributed by atoms with Crippen molar-refractivity contribution in [3.05, 3.63) is 90.4 Å². The lowest BCUT2D eigenvalue weighted by Gasteiger charge is -2.24. The van der Waals surface area contributed by atoms with Crippen LogP contribution in [-0.2, 0) is 7.05 Å². The third-order valence-electron chi connectivity index (χ3n) is 5.95. The van der Waals surface area contributed by atoms with Crippen molar-refractivity contribution in [3.8, 4) is 40.7 Å². The molecule has 5 rings (SSSR count). The molecule has 0 radical (unpaired) electrons. The van der Waals surface area contributed by atoms with Crippen molar-refractivity contribution in [1.29, 1.82) is 5.26 Å². The Morgan fingerprint density at radius 2 is 1.68 bits per heavy atom. The molecule has 0 aliphatic carbocycles. The molecule has 2 heterocycles. The van der Waals surface area contributed by atoms with Crippen molar-refractivity contribution in [2.75, 3.05) is 25.7 Å². The standard InChI is InChI=1S/C30H24N6O2/c1-35-20-23(18-33-35)30-19-32-28-10-9-24(15-29(28)34-30)36(25-13-26(37-2)16-27(14-25)38-3)11-5-8-21-6-4-7-22(12-21)17-31/h4,6-7,9-10,12-16,18-20H,11H2,1-3H3. The number of aromatic nitrogens is 4. The van der Waals surface area contributed by atoms with Gasteiger partial charge in [0.05, 0.1) is 61.5 Å². The first-order chi connectivity index (χ1) is 18.6. The fourth-order valence-electron chi connectivity index (χ4n) is 4.03. The van der Waals surface area contributed by atoms with Gasteiger partial charge in [0.25, 0.3) is 0 Å². The molecule has 2 aromatic heterocycles. The molecule has 38 heavy (non-hydrogen) atoms. The molecular weight excluding hydrogens is 476 g/mol. The third-order valence-corrected chi connectivity index (χ3v) is 5.95. The Bertz CT molecular complexity index is 1700. The Morgan fingerprint density at radius 1 is 0.895 bits per heavy atom. The van der Waals surface area contributed by atoms with Crippen LogP contribution in [0.2, 0.25) is 0 Å². The SMILES string of the molecule is COc1cc(OC)cc(N(CC#Cc2cccc(C#N)c2)c2ccc3ncc(-c4cnn(C)c4)nc3c2)c1. The van der Waals surface area contributed by atoms with Crippen LogP contribution in [0.15, 0.2) is 79.3 Å². The van der Waals surface area contributed by atoms with Gasteiger partial charge in [-0.2, -0.15) is 10.4 Å². The van der Waals surface area contributed by atoms with E-state index in [4.69, 9.17) is 14.5 Å². The lowest BCUT2D eigenvalue weighted by atomic mass is 10.1. The van der Waals surface area contributed by atoms with Crippen molar-refractivity contribution >= 4 is 22.4 Å². The quantitative estimate of drug-likeness (QED) is 0.299. The van der Waals surface area contributed by atoms with Crippen molar-refractivity contribution in [2.45, 2.75) is 0 Å². The van der Waals surface area contributed by atoms with Gasteiger partial charge in [0.1, 0.15) is 11.5 Å². The second kappa shape index (κ2) is 10.7. The summed E-state index contributed by atoms with van der Waals surface area (Å²) in [5.74, 6) is 7.76. The van der Waals surface area contributed by atoms with E-state index in [9.17, 15) is 5.26 Å². The van der Waals surface area contributed by atoms with Gasteiger partial charge in [-0.3, -0.25) is 9.67 Å². The van der Waals surface area contributed by atoms with Gasteiger partial charge >= 0.3 is 0 Å². The highest BCUT2D eigenvalue weighted by atomic mass is 16.5. The number of anilines is 2. The van der Waals surface area contributed by atoms with Crippen LogP contribution in [0.3, 0.4) is 0 Å². The van der Waals surface area contributed by atoms with E-state index in [-0.39, 0.29) is 0 Å². The normalized spacial score (nSPS) is 10.4. The minimum atomic E-state index is 0.369. The summed E-state index contributed by atoms with van der Waals surface area (Å²) in [6.45, 7) is 0.369. The highest BCUT2D eigenvalue weighted by Gasteiger charge is 2.14. The summed E-state index contributed by atoms with van der Waals surface area (Å²) >= 11 is 0. The third kappa shape index (κ3) is 5.25. The molecule has 0 fully saturated rings. The first kappa shape index (κ1) is 24.4. The Labute approximate surface area is 220 Å². The molecule has 0 bridgehead atoms. The number of benzene rings is 3. The van der Waals surface area contributed by atoms with E-state index < -0.39 is 0 Å². The first-order valence-corrected chi connectivity index (χ1v) is 11.8. The molecule has 0 N–H and O–H groups in total. The second-order valence-electron chi connectivity index (χ2n) is 8.48. The molecule has 0 spiro atoms. The van der Waals surface area contributed by atoms with E-state index in [0.717, 1.165) is 39.2 Å². The average Bonchev–Trinajstić information content (AvgIpc) is 3.40. The van der Waals surface area contributed by atoms with Crippen LogP contribution in [0.4, 0.5) is 11.4 Å². The minimum Gasteiger partial charge on any atom is -0.497 e. The molecule has 0 atom stereocenters. The number of ether oxygens (including phenoxy) is 2. The second-order valence-corrected chi connectivity index (χ2v) is 8.48. The number of hydrogen-bond acceptors (Lipinski definition) is 7. The number of hydrogen-bond donors (Lipinski definition) is 0. The predicted molar refractivity (Wildman–Crippen MR) is 146 cm³/mol. The highest BCUT2D eigenvalue weighted by molar-refractivity contribution is 5.83. The van der Waals surface area contributed by atoms with Crippen LogP contribution >= 0.6 is 0 Å². The molecular formula is C30H24N6O2. The van der Waals surface area contributed by atoms with Crippen LogP contribution in [0, 0.1) is 23.2 Å². The van der Waals surface area contributed by atoms with E-state index in [1.165, 1.54) is 0 Å². The lowest BCUT2D eigenvalue weighted by Crippen LogP contribution is -2.17. The first-order valence-electron chi connectivity index (χ1n) is 11.8. The van der Waals surface area contributed by atoms with E-state index in [1.54, 1.807) is 43.4 Å². The smallest absolute Gasteiger partial charge is 0.124 e. The summed E-state index contributed by atoms with van der Waals surface area (Å²) in [5, 5.41) is 13.5. The molecule has 0 aliphatic rings. The minimum absolute atomic E-state index is 0.369. The lowest BCUT2D eigenvalue weighted by molar-refractivity contribution is 0.394. The zero-order chi connectivity index (χ0) is 26.5. The summed E-state index contributed by atoms with van der Waals surface area (Å²) in [7, 11) is 5.11. The molecule has 8 nitrogen and oxygen atoms in total. The van der Waals surface area contributed by atoms with Crippen molar-refractivity contribution in [1.82, 2.24) is 19.7 Å². The van der Waals surface area contributed by atoms with Gasteiger partial charge in [0.15, 0.2) is 0 Å².